The Morgan fingerprint density at radius 1 is 0.895 bits per heavy atom. The number of hydrogen-bond acceptors (Lipinski definition) is 5. The molecule has 1 amide bonds. The zero-order chi connectivity index (χ0) is 28.4. The van der Waals surface area contributed by atoms with Crippen LogP contribution in [0.25, 0.3) is 0 Å². The van der Waals surface area contributed by atoms with Crippen LogP contribution in [0.5, 0.6) is 23.0 Å². The lowest BCUT2D eigenvalue weighted by Crippen LogP contribution is -2.19. The van der Waals surface area contributed by atoms with Gasteiger partial charge in [-0.3, -0.25) is 4.79 Å². The third kappa shape index (κ3) is 6.02. The second kappa shape index (κ2) is 10.4. The van der Waals surface area contributed by atoms with E-state index in [0.717, 1.165) is 25.3 Å². The summed E-state index contributed by atoms with van der Waals surface area (Å²) in [5.41, 5.74) is -4.11. The first-order chi connectivity index (χ1) is 17.7. The van der Waals surface area contributed by atoms with Crippen molar-refractivity contribution in [1.29, 1.82) is 5.26 Å². The Labute approximate surface area is 206 Å². The van der Waals surface area contributed by atoms with Crippen LogP contribution in [0.2, 0.25) is 0 Å². The smallest absolute Gasteiger partial charge is 0.490 e. The van der Waals surface area contributed by atoms with Crippen molar-refractivity contribution in [2.75, 3.05) is 12.4 Å². The average Bonchev–Trinajstić information content (AvgIpc) is 2.80. The highest BCUT2D eigenvalue weighted by atomic mass is 19.4. The second-order valence-electron chi connectivity index (χ2n) is 7.12. The molecular weight excluding hydrogens is 539 g/mol. The third-order valence-corrected chi connectivity index (χ3v) is 4.66. The van der Waals surface area contributed by atoms with Crippen LogP contribution in [-0.2, 0) is 6.18 Å². The number of methoxy groups -OCH3 is 1. The van der Waals surface area contributed by atoms with E-state index in [2.05, 4.69) is 9.47 Å². The number of carbonyl (C=O) groups excluding carboxylic acids is 1. The van der Waals surface area contributed by atoms with Crippen molar-refractivity contribution in [3.8, 4) is 29.1 Å². The van der Waals surface area contributed by atoms with Gasteiger partial charge in [-0.25, -0.2) is 8.78 Å². The zero-order valence-corrected chi connectivity index (χ0v) is 18.5. The van der Waals surface area contributed by atoms with Gasteiger partial charge in [-0.15, -0.1) is 13.2 Å². The molecule has 3 rings (SSSR count). The molecule has 3 aromatic rings. The molecule has 0 unspecified atom stereocenters. The number of alkyl halides is 6. The molecule has 0 saturated carbocycles. The molecule has 200 valence electrons. The van der Waals surface area contributed by atoms with Crippen molar-refractivity contribution < 1.29 is 58.5 Å². The summed E-state index contributed by atoms with van der Waals surface area (Å²) in [5.74, 6) is -10.4. The van der Waals surface area contributed by atoms with Crippen LogP contribution in [0.1, 0.15) is 21.5 Å². The minimum absolute atomic E-state index is 0.205. The van der Waals surface area contributed by atoms with Crippen molar-refractivity contribution in [3.63, 3.8) is 0 Å². The largest absolute Gasteiger partial charge is 0.573 e. The van der Waals surface area contributed by atoms with Gasteiger partial charge in [0.1, 0.15) is 23.2 Å². The Kier molecular flexibility index (Phi) is 7.66. The number of carbonyl (C=O) groups is 1. The molecule has 1 N–H and O–H groups in total. The first kappa shape index (κ1) is 28.0. The lowest BCUT2D eigenvalue weighted by atomic mass is 10.1. The van der Waals surface area contributed by atoms with E-state index in [1.807, 2.05) is 5.32 Å². The van der Waals surface area contributed by atoms with Crippen molar-refractivity contribution in [2.45, 2.75) is 12.5 Å². The molecule has 0 aliphatic heterocycles. The van der Waals surface area contributed by atoms with Crippen molar-refractivity contribution in [3.05, 3.63) is 76.6 Å². The summed E-state index contributed by atoms with van der Waals surface area (Å²) in [4.78, 5) is 12.8. The number of ether oxygens (including phenoxy) is 3. The van der Waals surface area contributed by atoms with E-state index in [9.17, 15) is 44.3 Å². The number of halogens is 9. The summed E-state index contributed by atoms with van der Waals surface area (Å²) in [7, 11) is 0.810. The van der Waals surface area contributed by atoms with Crippen LogP contribution in [0.3, 0.4) is 0 Å². The van der Waals surface area contributed by atoms with Gasteiger partial charge in [0.05, 0.1) is 18.2 Å². The highest BCUT2D eigenvalue weighted by molar-refractivity contribution is 6.06. The molecule has 0 spiro atoms. The zero-order valence-electron chi connectivity index (χ0n) is 18.5. The summed E-state index contributed by atoms with van der Waals surface area (Å²) in [6.45, 7) is 0. The first-order valence-electron chi connectivity index (χ1n) is 9.87. The lowest BCUT2D eigenvalue weighted by molar-refractivity contribution is -0.275. The van der Waals surface area contributed by atoms with Crippen LogP contribution >= 0.6 is 0 Å². The van der Waals surface area contributed by atoms with Gasteiger partial charge in [0.25, 0.3) is 5.91 Å². The molecule has 0 radical (unpaired) electrons. The molecule has 6 nitrogen and oxygen atoms in total. The predicted octanol–water partition coefficient (Wildman–Crippen LogP) is 6.95. The Morgan fingerprint density at radius 2 is 1.53 bits per heavy atom. The molecule has 0 bridgehead atoms. The summed E-state index contributed by atoms with van der Waals surface area (Å²) in [6, 6.07) is 5.79. The normalized spacial score (nSPS) is 11.5. The van der Waals surface area contributed by atoms with Gasteiger partial charge >= 0.3 is 12.5 Å². The molecule has 0 aromatic heterocycles. The fourth-order valence-corrected chi connectivity index (χ4v) is 3.07. The van der Waals surface area contributed by atoms with Crippen molar-refractivity contribution in [2.24, 2.45) is 0 Å². The van der Waals surface area contributed by atoms with E-state index in [1.165, 1.54) is 6.07 Å². The van der Waals surface area contributed by atoms with E-state index in [-0.39, 0.29) is 11.8 Å². The standard InChI is InChI=1S/C23H11F9N2O4/c1-36-20-16(7-6-15(19(20)26)38-23(30,31)32)37-14-5-3-12(22(27,28)29)18(25)17(14)21(35)34-11-2-4-13(24)10(8-11)9-33/h2-8H,1H3,(H,34,35). The van der Waals surface area contributed by atoms with Gasteiger partial charge in [0, 0.05) is 5.69 Å². The Hall–Kier alpha value is -4.61. The SMILES string of the molecule is COc1c(Oc2ccc(C(F)(F)F)c(F)c2C(=O)Nc2ccc(F)c(C#N)c2)ccc(OC(F)(F)F)c1F. The molecule has 3 aromatic carbocycles. The maximum atomic E-state index is 15.0. The molecule has 0 atom stereocenters. The summed E-state index contributed by atoms with van der Waals surface area (Å²) in [5, 5.41) is 10.9. The molecule has 38 heavy (non-hydrogen) atoms. The van der Waals surface area contributed by atoms with Crippen LogP contribution in [0, 0.1) is 28.8 Å². The Morgan fingerprint density at radius 3 is 2.11 bits per heavy atom. The predicted molar refractivity (Wildman–Crippen MR) is 110 cm³/mol. The number of nitriles is 1. The maximum absolute atomic E-state index is 15.0. The Balaban J connectivity index is 2.10. The summed E-state index contributed by atoms with van der Waals surface area (Å²) >= 11 is 0. The highest BCUT2D eigenvalue weighted by Gasteiger charge is 2.38. The lowest BCUT2D eigenvalue weighted by Gasteiger charge is -2.18. The number of rotatable bonds is 6. The number of amides is 1. The highest BCUT2D eigenvalue weighted by Crippen LogP contribution is 2.42. The molecule has 0 aliphatic rings. The van der Waals surface area contributed by atoms with Crippen molar-refractivity contribution in [1.82, 2.24) is 0 Å². The fourth-order valence-electron chi connectivity index (χ4n) is 3.07. The van der Waals surface area contributed by atoms with Gasteiger partial charge in [0.2, 0.25) is 11.6 Å². The second-order valence-corrected chi connectivity index (χ2v) is 7.12. The van der Waals surface area contributed by atoms with E-state index >= 15 is 0 Å². The Bertz CT molecular complexity index is 1430. The van der Waals surface area contributed by atoms with Crippen LogP contribution < -0.4 is 19.5 Å². The van der Waals surface area contributed by atoms with Crippen LogP contribution in [0.15, 0.2) is 42.5 Å². The molecule has 15 heteroatoms. The average molecular weight is 550 g/mol. The van der Waals surface area contributed by atoms with E-state index in [4.69, 9.17) is 10.00 Å². The summed E-state index contributed by atoms with van der Waals surface area (Å²) < 4.78 is 134. The maximum Gasteiger partial charge on any atom is 0.573 e. The summed E-state index contributed by atoms with van der Waals surface area (Å²) in [6.07, 6.45) is -10.6. The molecule has 0 fully saturated rings. The fraction of sp³-hybridized carbons (Fsp3) is 0.130. The quantitative estimate of drug-likeness (QED) is 0.336. The minimum Gasteiger partial charge on any atom is -0.490 e. The molecular formula is C23H11F9N2O4. The number of nitrogens with zero attached hydrogens (tertiary/aromatic N) is 1. The van der Waals surface area contributed by atoms with Gasteiger partial charge in [-0.2, -0.15) is 22.8 Å². The third-order valence-electron chi connectivity index (χ3n) is 4.66. The monoisotopic (exact) mass is 550 g/mol. The van der Waals surface area contributed by atoms with Crippen LogP contribution in [0.4, 0.5) is 45.2 Å². The molecule has 0 saturated heterocycles. The molecule has 0 heterocycles. The minimum atomic E-state index is -5.29. The number of nitrogens with one attached hydrogen (secondary N) is 1. The van der Waals surface area contributed by atoms with E-state index in [1.54, 1.807) is 0 Å². The topological polar surface area (TPSA) is 80.6 Å². The molecule has 0 aliphatic carbocycles. The van der Waals surface area contributed by atoms with Gasteiger partial charge in [-0.1, -0.05) is 0 Å². The van der Waals surface area contributed by atoms with E-state index in [0.29, 0.717) is 18.2 Å². The van der Waals surface area contributed by atoms with Crippen LogP contribution in [-0.4, -0.2) is 19.4 Å². The first-order valence-corrected chi connectivity index (χ1v) is 9.87. The number of hydrogen-bond donors (Lipinski definition) is 1. The number of anilines is 1. The van der Waals surface area contributed by atoms with Crippen molar-refractivity contribution >= 4 is 11.6 Å². The van der Waals surface area contributed by atoms with E-state index < -0.39 is 75.6 Å². The number of benzene rings is 3. The van der Waals surface area contributed by atoms with Gasteiger partial charge in [-0.05, 0) is 42.5 Å². The van der Waals surface area contributed by atoms with Gasteiger partial charge < -0.3 is 19.5 Å². The van der Waals surface area contributed by atoms with Gasteiger partial charge in [0.15, 0.2) is 17.3 Å².